The van der Waals surface area contributed by atoms with E-state index in [-0.39, 0.29) is 56.5 Å². The van der Waals surface area contributed by atoms with Gasteiger partial charge in [-0.25, -0.2) is 4.98 Å². The van der Waals surface area contributed by atoms with Gasteiger partial charge in [-0.15, -0.1) is 0 Å². The molecule has 1 aromatic rings. The molecule has 1 nitrogen and oxygen atoms in total. The van der Waals surface area contributed by atoms with Gasteiger partial charge in [-0.05, 0) is 0 Å². The maximum absolute atomic E-state index is 5.58. The number of nitrogens with zero attached hydrogens (tertiary/aromatic N) is 1. The minimum absolute atomic E-state index is 0. The van der Waals surface area contributed by atoms with Crippen LogP contribution in [0.4, 0.5) is 0 Å². The van der Waals surface area contributed by atoms with Crippen LogP contribution in [-0.2, 0) is 12.6 Å². The Morgan fingerprint density at radius 3 is 2.40 bits per heavy atom. The molecular weight excluding hydrogens is 216 g/mol. The number of hydrogen-bond donors (Lipinski definition) is 0. The SMILES string of the molecule is [K+].[S-]c1ccnc(Cl)c1Cl. The van der Waals surface area contributed by atoms with Crippen molar-refractivity contribution in [2.45, 2.75) is 4.90 Å². The van der Waals surface area contributed by atoms with E-state index in [9.17, 15) is 0 Å². The minimum atomic E-state index is 0. The fourth-order valence-electron chi connectivity index (χ4n) is 0.402. The van der Waals surface area contributed by atoms with Gasteiger partial charge >= 0.3 is 51.4 Å². The average molecular weight is 218 g/mol. The van der Waals surface area contributed by atoms with Crippen molar-refractivity contribution in [2.75, 3.05) is 0 Å². The van der Waals surface area contributed by atoms with Gasteiger partial charge < -0.3 is 12.6 Å². The smallest absolute Gasteiger partial charge is 0.778 e. The Morgan fingerprint density at radius 1 is 1.40 bits per heavy atom. The van der Waals surface area contributed by atoms with E-state index in [1.54, 1.807) is 6.07 Å². The molecule has 5 heteroatoms. The van der Waals surface area contributed by atoms with Gasteiger partial charge in [0.25, 0.3) is 0 Å². The van der Waals surface area contributed by atoms with Crippen LogP contribution in [-0.4, -0.2) is 4.98 Å². The summed E-state index contributed by atoms with van der Waals surface area (Å²) in [5, 5.41) is 0.623. The van der Waals surface area contributed by atoms with Crippen LogP contribution in [0.5, 0.6) is 0 Å². The summed E-state index contributed by atoms with van der Waals surface area (Å²) in [6.07, 6.45) is 1.52. The van der Waals surface area contributed by atoms with Crippen LogP contribution in [0.3, 0.4) is 0 Å². The van der Waals surface area contributed by atoms with Gasteiger partial charge in [-0.2, -0.15) is 4.90 Å². The Bertz CT molecular complexity index is 211. The van der Waals surface area contributed by atoms with Crippen molar-refractivity contribution in [3.8, 4) is 0 Å². The summed E-state index contributed by atoms with van der Waals surface area (Å²) in [5.74, 6) is 0. The second-order valence-electron chi connectivity index (χ2n) is 1.41. The zero-order valence-electron chi connectivity index (χ0n) is 5.27. The van der Waals surface area contributed by atoms with Crippen molar-refractivity contribution in [1.82, 2.24) is 4.98 Å². The second-order valence-corrected chi connectivity index (χ2v) is 2.59. The second kappa shape index (κ2) is 5.27. The summed E-state index contributed by atoms with van der Waals surface area (Å²) in [7, 11) is 0. The van der Waals surface area contributed by atoms with Gasteiger partial charge in [-0.1, -0.05) is 29.3 Å². The number of aromatic nitrogens is 1. The largest absolute Gasteiger partial charge is 1.00 e. The van der Waals surface area contributed by atoms with Gasteiger partial charge in [0.15, 0.2) is 0 Å². The first-order valence-electron chi connectivity index (χ1n) is 2.19. The maximum atomic E-state index is 5.58. The predicted molar refractivity (Wildman–Crippen MR) is 39.9 cm³/mol. The van der Waals surface area contributed by atoms with Gasteiger partial charge in [0, 0.05) is 6.20 Å². The number of rotatable bonds is 0. The van der Waals surface area contributed by atoms with Crippen LogP contribution >= 0.6 is 23.2 Å². The normalized spacial score (nSPS) is 8.60. The molecule has 0 fully saturated rings. The standard InChI is InChI=1S/C5H3Cl2NS.K/c6-4-3(9)1-2-8-5(4)7;/h1-2H,(H,8,9);/q;+1/p-1. The van der Waals surface area contributed by atoms with Gasteiger partial charge in [0.05, 0.1) is 5.02 Å². The predicted octanol–water partition coefficient (Wildman–Crippen LogP) is -0.702. The molecule has 10 heavy (non-hydrogen) atoms. The van der Waals surface area contributed by atoms with Crippen molar-refractivity contribution in [1.29, 1.82) is 0 Å². The van der Waals surface area contributed by atoms with E-state index in [0.29, 0.717) is 9.92 Å². The third kappa shape index (κ3) is 2.91. The zero-order valence-corrected chi connectivity index (χ0v) is 10.7. The molecule has 0 N–H and O–H groups in total. The molecule has 1 rings (SSSR count). The molecule has 48 valence electrons. The fourth-order valence-corrected chi connectivity index (χ4v) is 0.885. The summed E-state index contributed by atoms with van der Waals surface area (Å²) in [6, 6.07) is 1.63. The van der Waals surface area contributed by atoms with Crippen LogP contribution in [0.25, 0.3) is 0 Å². The van der Waals surface area contributed by atoms with Crippen LogP contribution < -0.4 is 51.4 Å². The first-order valence-corrected chi connectivity index (χ1v) is 3.35. The molecular formula is C5H2Cl2KNS. The molecule has 0 radical (unpaired) electrons. The molecule has 0 bridgehead atoms. The third-order valence-corrected chi connectivity index (χ3v) is 2.03. The molecule has 0 aliphatic carbocycles. The molecule has 0 aromatic carbocycles. The first kappa shape index (κ1) is 11.6. The van der Waals surface area contributed by atoms with E-state index >= 15 is 0 Å². The minimum Gasteiger partial charge on any atom is -0.778 e. The molecule has 0 unspecified atom stereocenters. The Labute approximate surface area is 117 Å². The summed E-state index contributed by atoms with van der Waals surface area (Å²) in [5.41, 5.74) is 0. The monoisotopic (exact) mass is 217 g/mol. The van der Waals surface area contributed by atoms with Crippen molar-refractivity contribution in [3.63, 3.8) is 0 Å². The molecule has 1 aromatic heterocycles. The average Bonchev–Trinajstić information content (AvgIpc) is 1.83. The topological polar surface area (TPSA) is 12.9 Å². The van der Waals surface area contributed by atoms with Crippen molar-refractivity contribution < 1.29 is 51.4 Å². The molecule has 0 aliphatic heterocycles. The van der Waals surface area contributed by atoms with Gasteiger partial charge in [-0.3, -0.25) is 0 Å². The molecule has 0 saturated carbocycles. The third-order valence-electron chi connectivity index (χ3n) is 0.811. The Balaban J connectivity index is 0.000000810. The molecule has 0 aliphatic rings. The van der Waals surface area contributed by atoms with E-state index in [2.05, 4.69) is 4.98 Å². The number of halogens is 2. The van der Waals surface area contributed by atoms with E-state index in [1.807, 2.05) is 0 Å². The van der Waals surface area contributed by atoms with Crippen LogP contribution in [0.2, 0.25) is 10.2 Å². The molecule has 0 spiro atoms. The van der Waals surface area contributed by atoms with Crippen molar-refractivity contribution in [3.05, 3.63) is 22.4 Å². The zero-order chi connectivity index (χ0) is 6.85. The maximum Gasteiger partial charge on any atom is 1.00 e. The molecule has 0 amide bonds. The van der Waals surface area contributed by atoms with E-state index in [4.69, 9.17) is 35.8 Å². The van der Waals surface area contributed by atoms with Gasteiger partial charge in [0.1, 0.15) is 5.15 Å². The Hall–Kier alpha value is 1.59. The van der Waals surface area contributed by atoms with E-state index in [0.717, 1.165) is 0 Å². The number of hydrogen-bond acceptors (Lipinski definition) is 2. The van der Waals surface area contributed by atoms with Crippen LogP contribution in [0, 0.1) is 0 Å². The van der Waals surface area contributed by atoms with Crippen molar-refractivity contribution in [2.24, 2.45) is 0 Å². The van der Waals surface area contributed by atoms with Crippen molar-refractivity contribution >= 4 is 35.8 Å². The molecule has 1 heterocycles. The summed E-state index contributed by atoms with van der Waals surface area (Å²) in [6.45, 7) is 0. The van der Waals surface area contributed by atoms with E-state index in [1.165, 1.54) is 6.20 Å². The quantitative estimate of drug-likeness (QED) is 0.324. The summed E-state index contributed by atoms with van der Waals surface area (Å²) in [4.78, 5) is 4.24. The Kier molecular flexibility index (Phi) is 6.11. The van der Waals surface area contributed by atoms with Gasteiger partial charge in [0.2, 0.25) is 0 Å². The number of pyridine rings is 1. The molecule has 0 saturated heterocycles. The summed E-state index contributed by atoms with van der Waals surface area (Å²) >= 11 is 15.9. The van der Waals surface area contributed by atoms with E-state index < -0.39 is 0 Å². The van der Waals surface area contributed by atoms with Crippen LogP contribution in [0.1, 0.15) is 0 Å². The summed E-state index contributed by atoms with van der Waals surface area (Å²) < 4.78 is 0. The first-order chi connectivity index (χ1) is 4.22. The fraction of sp³-hybridized carbons (Fsp3) is 0. The van der Waals surface area contributed by atoms with Crippen LogP contribution in [0.15, 0.2) is 17.2 Å². The molecule has 0 atom stereocenters. The Morgan fingerprint density at radius 2 is 2.00 bits per heavy atom.